The summed E-state index contributed by atoms with van der Waals surface area (Å²) in [6.45, 7) is 0. The molecule has 1 atom stereocenters. The Morgan fingerprint density at radius 1 is 1.43 bits per heavy atom. The van der Waals surface area contributed by atoms with Gasteiger partial charge in [-0.3, -0.25) is 9.48 Å². The van der Waals surface area contributed by atoms with Gasteiger partial charge in [0.15, 0.2) is 5.76 Å². The number of nitrogens with zero attached hydrogens (tertiary/aromatic N) is 2. The molecular weight excluding hydrogens is 274 g/mol. The zero-order valence-electron chi connectivity index (χ0n) is 11.5. The zero-order chi connectivity index (χ0) is 15.0. The van der Waals surface area contributed by atoms with E-state index in [0.29, 0.717) is 0 Å². The van der Waals surface area contributed by atoms with Crippen molar-refractivity contribution in [2.75, 3.05) is 0 Å². The van der Waals surface area contributed by atoms with Crippen LogP contribution in [0.2, 0.25) is 0 Å². The summed E-state index contributed by atoms with van der Waals surface area (Å²) in [5.41, 5.74) is 2.14. The van der Waals surface area contributed by atoms with Crippen LogP contribution in [-0.2, 0) is 13.5 Å². The highest BCUT2D eigenvalue weighted by atomic mass is 16.4. The summed E-state index contributed by atoms with van der Waals surface area (Å²) in [5, 5.41) is 15.9. The van der Waals surface area contributed by atoms with E-state index in [1.165, 1.54) is 12.1 Å². The second-order valence-corrected chi connectivity index (χ2v) is 5.06. The highest BCUT2D eigenvalue weighted by Gasteiger charge is 2.26. The van der Waals surface area contributed by atoms with Crippen LogP contribution < -0.4 is 5.32 Å². The number of amides is 1. The predicted octanol–water partition coefficient (Wildman–Crippen LogP) is 1.52. The van der Waals surface area contributed by atoms with Gasteiger partial charge in [0.1, 0.15) is 0 Å². The molecule has 7 heteroatoms. The number of carbonyl (C=O) groups is 2. The second kappa shape index (κ2) is 5.08. The quantitative estimate of drug-likeness (QED) is 0.892. The molecule has 2 aromatic rings. The molecule has 0 saturated carbocycles. The van der Waals surface area contributed by atoms with Crippen molar-refractivity contribution >= 4 is 11.9 Å². The molecule has 0 aliphatic heterocycles. The lowest BCUT2D eigenvalue weighted by Crippen LogP contribution is -2.30. The number of hydrogen-bond acceptors (Lipinski definition) is 4. The molecule has 0 spiro atoms. The summed E-state index contributed by atoms with van der Waals surface area (Å²) in [6.07, 6.45) is 4.51. The maximum atomic E-state index is 12.1. The van der Waals surface area contributed by atoms with Crippen LogP contribution in [0.5, 0.6) is 0 Å². The number of hydrogen-bond donors (Lipinski definition) is 2. The Balaban J connectivity index is 1.77. The topological polar surface area (TPSA) is 97.4 Å². The van der Waals surface area contributed by atoms with Crippen LogP contribution >= 0.6 is 0 Å². The molecule has 1 unspecified atom stereocenters. The zero-order valence-corrected chi connectivity index (χ0v) is 11.5. The Morgan fingerprint density at radius 3 is 2.90 bits per heavy atom. The lowest BCUT2D eigenvalue weighted by atomic mass is 9.93. The van der Waals surface area contributed by atoms with E-state index in [2.05, 4.69) is 10.4 Å². The first kappa shape index (κ1) is 13.4. The number of carbonyl (C=O) groups excluding carboxylic acids is 1. The van der Waals surface area contributed by atoms with Crippen LogP contribution in [0.15, 0.2) is 22.7 Å². The maximum Gasteiger partial charge on any atom is 0.371 e. The monoisotopic (exact) mass is 289 g/mol. The van der Waals surface area contributed by atoms with Crippen LogP contribution in [0.25, 0.3) is 0 Å². The summed E-state index contributed by atoms with van der Waals surface area (Å²) in [4.78, 5) is 22.9. The van der Waals surface area contributed by atoms with Crippen LogP contribution in [0.1, 0.15) is 51.3 Å². The van der Waals surface area contributed by atoms with Gasteiger partial charge in [-0.25, -0.2) is 4.79 Å². The van der Waals surface area contributed by atoms with Crippen molar-refractivity contribution in [2.45, 2.75) is 25.3 Å². The molecule has 0 bridgehead atoms. The number of nitrogens with one attached hydrogen (secondary N) is 1. The first-order valence-corrected chi connectivity index (χ1v) is 6.71. The number of carboxylic acids is 1. The van der Waals surface area contributed by atoms with Gasteiger partial charge in [-0.1, -0.05) is 0 Å². The molecule has 0 fully saturated rings. The summed E-state index contributed by atoms with van der Waals surface area (Å²) < 4.78 is 6.83. The largest absolute Gasteiger partial charge is 0.475 e. The minimum absolute atomic E-state index is 0.00316. The normalized spacial score (nSPS) is 17.3. The molecule has 1 aliphatic rings. The maximum absolute atomic E-state index is 12.1. The van der Waals surface area contributed by atoms with Gasteiger partial charge in [-0.15, -0.1) is 0 Å². The minimum Gasteiger partial charge on any atom is -0.475 e. The molecule has 2 N–H and O–H groups in total. The van der Waals surface area contributed by atoms with Gasteiger partial charge in [0, 0.05) is 18.3 Å². The lowest BCUT2D eigenvalue weighted by molar-refractivity contribution is 0.0659. The lowest BCUT2D eigenvalue weighted by Gasteiger charge is -2.23. The van der Waals surface area contributed by atoms with E-state index in [9.17, 15) is 9.59 Å². The summed E-state index contributed by atoms with van der Waals surface area (Å²) >= 11 is 0. The number of carboxylic acid groups (broad SMARTS) is 1. The van der Waals surface area contributed by atoms with Gasteiger partial charge >= 0.3 is 5.97 Å². The average molecular weight is 289 g/mol. The standard InChI is InChI=1S/C14H15N3O4/c1-17-10-4-2-3-9(8(10)7-15-17)16-13(18)11-5-6-12(21-11)14(19)20/h5-7,9H,2-4H2,1H3,(H,16,18)(H,19,20). The Morgan fingerprint density at radius 2 is 2.19 bits per heavy atom. The van der Waals surface area contributed by atoms with Crippen molar-refractivity contribution in [1.29, 1.82) is 0 Å². The highest BCUT2D eigenvalue weighted by molar-refractivity contribution is 5.93. The molecule has 2 heterocycles. The van der Waals surface area contributed by atoms with E-state index < -0.39 is 11.9 Å². The molecule has 2 aromatic heterocycles. The molecule has 7 nitrogen and oxygen atoms in total. The first-order chi connectivity index (χ1) is 10.1. The van der Waals surface area contributed by atoms with Crippen LogP contribution in [0.4, 0.5) is 0 Å². The van der Waals surface area contributed by atoms with Gasteiger partial charge < -0.3 is 14.8 Å². The molecule has 110 valence electrons. The van der Waals surface area contributed by atoms with Gasteiger partial charge in [-0.2, -0.15) is 5.10 Å². The Bertz CT molecular complexity index is 701. The highest BCUT2D eigenvalue weighted by Crippen LogP contribution is 2.29. The van der Waals surface area contributed by atoms with Gasteiger partial charge in [0.05, 0.1) is 12.2 Å². The van der Waals surface area contributed by atoms with Crippen molar-refractivity contribution in [1.82, 2.24) is 15.1 Å². The van der Waals surface area contributed by atoms with E-state index >= 15 is 0 Å². The number of rotatable bonds is 3. The summed E-state index contributed by atoms with van der Waals surface area (Å²) in [7, 11) is 1.88. The minimum atomic E-state index is -1.19. The molecular formula is C14H15N3O4. The second-order valence-electron chi connectivity index (χ2n) is 5.06. The molecule has 3 rings (SSSR count). The van der Waals surface area contributed by atoms with E-state index in [1.807, 2.05) is 11.7 Å². The third-order valence-electron chi connectivity index (χ3n) is 3.72. The molecule has 21 heavy (non-hydrogen) atoms. The van der Waals surface area contributed by atoms with E-state index in [0.717, 1.165) is 30.5 Å². The molecule has 0 aromatic carbocycles. The smallest absolute Gasteiger partial charge is 0.371 e. The van der Waals surface area contributed by atoms with Gasteiger partial charge in [0.2, 0.25) is 5.76 Å². The van der Waals surface area contributed by atoms with Gasteiger partial charge in [-0.05, 0) is 31.4 Å². The third kappa shape index (κ3) is 2.42. The predicted molar refractivity (Wildman–Crippen MR) is 72.0 cm³/mol. The van der Waals surface area contributed by atoms with Crippen LogP contribution in [0, 0.1) is 0 Å². The molecule has 0 saturated heterocycles. The SMILES string of the molecule is Cn1ncc2c1CCCC2NC(=O)c1ccc(C(=O)O)o1. The Kier molecular flexibility index (Phi) is 3.25. The van der Waals surface area contributed by atoms with Crippen molar-refractivity contribution in [3.8, 4) is 0 Å². The number of aromatic carboxylic acids is 1. The summed E-state index contributed by atoms with van der Waals surface area (Å²) in [5.74, 6) is -1.85. The number of furan rings is 1. The Labute approximate surface area is 120 Å². The van der Waals surface area contributed by atoms with Crippen LogP contribution in [0.3, 0.4) is 0 Å². The fourth-order valence-electron chi connectivity index (χ4n) is 2.66. The van der Waals surface area contributed by atoms with Crippen molar-refractivity contribution in [2.24, 2.45) is 7.05 Å². The van der Waals surface area contributed by atoms with Crippen molar-refractivity contribution in [3.05, 3.63) is 41.1 Å². The number of aryl methyl sites for hydroxylation is 1. The fraction of sp³-hybridized carbons (Fsp3) is 0.357. The van der Waals surface area contributed by atoms with Gasteiger partial charge in [0.25, 0.3) is 5.91 Å². The molecule has 1 aliphatic carbocycles. The number of aromatic nitrogens is 2. The number of fused-ring (bicyclic) bond motifs is 1. The fourth-order valence-corrected chi connectivity index (χ4v) is 2.66. The average Bonchev–Trinajstić information content (AvgIpc) is 3.07. The van der Waals surface area contributed by atoms with Crippen molar-refractivity contribution < 1.29 is 19.1 Å². The van der Waals surface area contributed by atoms with Crippen molar-refractivity contribution in [3.63, 3.8) is 0 Å². The van der Waals surface area contributed by atoms with E-state index in [-0.39, 0.29) is 17.6 Å². The van der Waals surface area contributed by atoms with E-state index in [4.69, 9.17) is 9.52 Å². The molecule has 1 amide bonds. The van der Waals surface area contributed by atoms with E-state index in [1.54, 1.807) is 6.20 Å². The third-order valence-corrected chi connectivity index (χ3v) is 3.72. The molecule has 0 radical (unpaired) electrons. The first-order valence-electron chi connectivity index (χ1n) is 6.71. The van der Waals surface area contributed by atoms with Crippen LogP contribution in [-0.4, -0.2) is 26.8 Å². The summed E-state index contributed by atoms with van der Waals surface area (Å²) in [6, 6.07) is 2.52. The Hall–Kier alpha value is -2.57.